The highest BCUT2D eigenvalue weighted by atomic mass is 16.6. The first-order chi connectivity index (χ1) is 9.46. The minimum absolute atomic E-state index is 0.154. The predicted molar refractivity (Wildman–Crippen MR) is 81.0 cm³/mol. The Labute approximate surface area is 128 Å². The molecule has 1 aliphatic heterocycles. The second-order valence-corrected chi connectivity index (χ2v) is 7.73. The summed E-state index contributed by atoms with van der Waals surface area (Å²) in [6, 6.07) is 0. The van der Waals surface area contributed by atoms with E-state index in [1.165, 1.54) is 0 Å². The van der Waals surface area contributed by atoms with Gasteiger partial charge in [-0.25, -0.2) is 4.79 Å². The van der Waals surface area contributed by atoms with E-state index in [4.69, 9.17) is 9.47 Å². The van der Waals surface area contributed by atoms with E-state index in [0.29, 0.717) is 19.5 Å². The van der Waals surface area contributed by atoms with Crippen LogP contribution in [0.4, 0.5) is 4.79 Å². The van der Waals surface area contributed by atoms with E-state index >= 15 is 0 Å². The highest BCUT2D eigenvalue weighted by molar-refractivity contribution is 5.71. The molecule has 1 aliphatic rings. The van der Waals surface area contributed by atoms with Gasteiger partial charge in [-0.1, -0.05) is 0 Å². The summed E-state index contributed by atoms with van der Waals surface area (Å²) in [6.45, 7) is 12.4. The summed E-state index contributed by atoms with van der Waals surface area (Å²) in [4.78, 5) is 25.6. The topological polar surface area (TPSA) is 55.8 Å². The molecule has 5 heteroatoms. The second kappa shape index (κ2) is 6.67. The van der Waals surface area contributed by atoms with Gasteiger partial charge in [0, 0.05) is 13.1 Å². The van der Waals surface area contributed by atoms with E-state index in [-0.39, 0.29) is 18.0 Å². The summed E-state index contributed by atoms with van der Waals surface area (Å²) in [5, 5.41) is 0. The van der Waals surface area contributed by atoms with Crippen molar-refractivity contribution >= 4 is 12.1 Å². The first-order valence-electron chi connectivity index (χ1n) is 7.66. The van der Waals surface area contributed by atoms with Crippen molar-refractivity contribution in [2.75, 3.05) is 13.1 Å². The maximum atomic E-state index is 12.1. The molecule has 1 fully saturated rings. The fraction of sp³-hybridized carbons (Fsp3) is 0.875. The molecule has 1 atom stereocenters. The van der Waals surface area contributed by atoms with E-state index in [1.807, 2.05) is 41.5 Å². The number of hydrogen-bond acceptors (Lipinski definition) is 4. The molecule has 0 aromatic heterocycles. The Morgan fingerprint density at radius 1 is 1.05 bits per heavy atom. The van der Waals surface area contributed by atoms with Crippen molar-refractivity contribution in [1.82, 2.24) is 4.90 Å². The molecule has 0 radical (unpaired) electrons. The maximum absolute atomic E-state index is 12.1. The Balaban J connectivity index is 2.49. The van der Waals surface area contributed by atoms with Crippen LogP contribution in [0.25, 0.3) is 0 Å². The van der Waals surface area contributed by atoms with Gasteiger partial charge in [0.25, 0.3) is 0 Å². The lowest BCUT2D eigenvalue weighted by molar-refractivity contribution is -0.156. The molecule has 0 aromatic carbocycles. The Morgan fingerprint density at radius 3 is 2.14 bits per heavy atom. The smallest absolute Gasteiger partial charge is 0.410 e. The van der Waals surface area contributed by atoms with Gasteiger partial charge in [0.05, 0.1) is 6.42 Å². The number of rotatable bonds is 2. The number of carbonyl (C=O) groups excluding carboxylic acids is 2. The van der Waals surface area contributed by atoms with Gasteiger partial charge in [-0.15, -0.1) is 0 Å². The Hall–Kier alpha value is -1.26. The van der Waals surface area contributed by atoms with Crippen LogP contribution < -0.4 is 0 Å². The van der Waals surface area contributed by atoms with E-state index < -0.39 is 11.2 Å². The number of carbonyl (C=O) groups is 2. The van der Waals surface area contributed by atoms with Crippen LogP contribution in [0, 0.1) is 5.92 Å². The Bertz CT molecular complexity index is 379. The van der Waals surface area contributed by atoms with Crippen molar-refractivity contribution in [3.63, 3.8) is 0 Å². The van der Waals surface area contributed by atoms with Gasteiger partial charge in [0.1, 0.15) is 11.2 Å². The van der Waals surface area contributed by atoms with Gasteiger partial charge in [-0.05, 0) is 60.3 Å². The molecule has 0 bridgehead atoms. The minimum Gasteiger partial charge on any atom is -0.460 e. The van der Waals surface area contributed by atoms with Gasteiger partial charge in [-0.2, -0.15) is 0 Å². The average molecular weight is 299 g/mol. The van der Waals surface area contributed by atoms with Crippen molar-refractivity contribution in [1.29, 1.82) is 0 Å². The zero-order valence-electron chi connectivity index (χ0n) is 14.2. The molecule has 1 amide bonds. The number of esters is 1. The monoisotopic (exact) mass is 299 g/mol. The van der Waals surface area contributed by atoms with Crippen LogP contribution in [0.2, 0.25) is 0 Å². The lowest BCUT2D eigenvalue weighted by Gasteiger charge is -2.34. The van der Waals surface area contributed by atoms with Crippen molar-refractivity contribution < 1.29 is 19.1 Å². The van der Waals surface area contributed by atoms with E-state index in [9.17, 15) is 9.59 Å². The van der Waals surface area contributed by atoms with Crippen LogP contribution in [0.15, 0.2) is 0 Å². The van der Waals surface area contributed by atoms with E-state index in [2.05, 4.69) is 0 Å². The zero-order chi connectivity index (χ0) is 16.3. The number of nitrogens with zero attached hydrogens (tertiary/aromatic N) is 1. The molecule has 122 valence electrons. The van der Waals surface area contributed by atoms with E-state index in [0.717, 1.165) is 12.8 Å². The molecule has 1 rings (SSSR count). The lowest BCUT2D eigenvalue weighted by Crippen LogP contribution is -2.43. The van der Waals surface area contributed by atoms with Gasteiger partial charge in [0.15, 0.2) is 0 Å². The number of hydrogen-bond donors (Lipinski definition) is 0. The van der Waals surface area contributed by atoms with Crippen LogP contribution in [-0.4, -0.2) is 41.3 Å². The summed E-state index contributed by atoms with van der Waals surface area (Å²) in [7, 11) is 0. The summed E-state index contributed by atoms with van der Waals surface area (Å²) >= 11 is 0. The summed E-state index contributed by atoms with van der Waals surface area (Å²) in [6.07, 6.45) is 1.90. The van der Waals surface area contributed by atoms with Crippen molar-refractivity contribution in [2.45, 2.75) is 72.0 Å². The highest BCUT2D eigenvalue weighted by Crippen LogP contribution is 2.23. The predicted octanol–water partition coefficient (Wildman–Crippen LogP) is 3.37. The minimum atomic E-state index is -0.491. The first kappa shape index (κ1) is 17.8. The third-order valence-corrected chi connectivity index (χ3v) is 3.05. The number of piperidine rings is 1. The molecule has 0 aliphatic carbocycles. The van der Waals surface area contributed by atoms with Crippen LogP contribution in [-0.2, 0) is 14.3 Å². The van der Waals surface area contributed by atoms with E-state index in [1.54, 1.807) is 4.90 Å². The lowest BCUT2D eigenvalue weighted by atomic mass is 9.95. The standard InChI is InChI=1S/C16H29NO4/c1-15(2,3)20-13(18)10-12-8-7-9-17(11-12)14(19)21-16(4,5)6/h12H,7-11H2,1-6H3/t12-/m0/s1. The molecule has 1 heterocycles. The largest absolute Gasteiger partial charge is 0.460 e. The molecule has 0 saturated carbocycles. The molecule has 0 N–H and O–H groups in total. The van der Waals surface area contributed by atoms with Crippen molar-refractivity contribution in [3.8, 4) is 0 Å². The molecule has 5 nitrogen and oxygen atoms in total. The summed E-state index contributed by atoms with van der Waals surface area (Å²) < 4.78 is 10.7. The molecular formula is C16H29NO4. The normalized spacial score (nSPS) is 20.1. The van der Waals surface area contributed by atoms with Gasteiger partial charge in [0.2, 0.25) is 0 Å². The zero-order valence-corrected chi connectivity index (χ0v) is 14.2. The molecule has 0 spiro atoms. The first-order valence-corrected chi connectivity index (χ1v) is 7.66. The quantitative estimate of drug-likeness (QED) is 0.734. The van der Waals surface area contributed by atoms with Crippen LogP contribution in [0.1, 0.15) is 60.8 Å². The number of amides is 1. The van der Waals surface area contributed by atoms with Gasteiger partial charge >= 0.3 is 12.1 Å². The summed E-state index contributed by atoms with van der Waals surface area (Å²) in [5.74, 6) is -0.0420. The van der Waals surface area contributed by atoms with Crippen molar-refractivity contribution in [3.05, 3.63) is 0 Å². The molecule has 1 saturated heterocycles. The second-order valence-electron chi connectivity index (χ2n) is 7.73. The van der Waals surface area contributed by atoms with Gasteiger partial charge < -0.3 is 14.4 Å². The Kier molecular flexibility index (Phi) is 5.65. The molecule has 0 unspecified atom stereocenters. The molecule has 0 aromatic rings. The Morgan fingerprint density at radius 2 is 1.62 bits per heavy atom. The van der Waals surface area contributed by atoms with Crippen molar-refractivity contribution in [2.24, 2.45) is 5.92 Å². The number of ether oxygens (including phenoxy) is 2. The number of likely N-dealkylation sites (tertiary alicyclic amines) is 1. The summed E-state index contributed by atoms with van der Waals surface area (Å²) in [5.41, 5.74) is -0.953. The van der Waals surface area contributed by atoms with Crippen LogP contribution >= 0.6 is 0 Å². The molecular weight excluding hydrogens is 270 g/mol. The molecule has 21 heavy (non-hydrogen) atoms. The van der Waals surface area contributed by atoms with Gasteiger partial charge in [-0.3, -0.25) is 4.79 Å². The third-order valence-electron chi connectivity index (χ3n) is 3.05. The highest BCUT2D eigenvalue weighted by Gasteiger charge is 2.29. The maximum Gasteiger partial charge on any atom is 0.410 e. The fourth-order valence-corrected chi connectivity index (χ4v) is 2.34. The average Bonchev–Trinajstić information content (AvgIpc) is 2.24. The third kappa shape index (κ3) is 7.34. The SMILES string of the molecule is CC(C)(C)OC(=O)C[C@@H]1CCCN(C(=O)OC(C)(C)C)C1. The fourth-order valence-electron chi connectivity index (χ4n) is 2.34. The van der Waals surface area contributed by atoms with Crippen LogP contribution in [0.5, 0.6) is 0 Å². The van der Waals surface area contributed by atoms with Crippen LogP contribution in [0.3, 0.4) is 0 Å².